The molecule has 0 spiro atoms. The summed E-state index contributed by atoms with van der Waals surface area (Å²) >= 11 is 0. The smallest absolute Gasteiger partial charge is 0.351 e. The first-order chi connectivity index (χ1) is 7.97. The molecule has 0 unspecified atom stereocenters. The molecule has 0 bridgehead atoms. The largest absolute Gasteiger partial charge is 0.477 e. The summed E-state index contributed by atoms with van der Waals surface area (Å²) in [4.78, 5) is 10.5. The van der Waals surface area contributed by atoms with Crippen molar-refractivity contribution in [3.63, 3.8) is 0 Å². The van der Waals surface area contributed by atoms with Crippen molar-refractivity contribution in [2.75, 3.05) is 5.12 Å². The standard InChI is InChI=1S/C10H9F2N3O2/c1-6(10(16)17)14-15(13-2)9-7(11)4-3-5-8(9)12/h3-5H,2H2,1H3,(H,16,17)/b14-6+. The van der Waals surface area contributed by atoms with Crippen LogP contribution in [0, 0.1) is 11.6 Å². The minimum atomic E-state index is -1.32. The molecule has 0 aromatic heterocycles. The van der Waals surface area contributed by atoms with Gasteiger partial charge in [0.2, 0.25) is 0 Å². The van der Waals surface area contributed by atoms with Crippen LogP contribution in [0.1, 0.15) is 6.92 Å². The summed E-state index contributed by atoms with van der Waals surface area (Å²) < 4.78 is 26.7. The third-order valence-electron chi connectivity index (χ3n) is 1.83. The molecule has 0 aliphatic carbocycles. The lowest BCUT2D eigenvalue weighted by Crippen LogP contribution is -2.18. The Hall–Kier alpha value is -2.31. The number of aliphatic carboxylic acids is 1. The van der Waals surface area contributed by atoms with E-state index < -0.39 is 23.3 Å². The lowest BCUT2D eigenvalue weighted by atomic mass is 10.3. The Bertz CT molecular complexity index is 468. The van der Waals surface area contributed by atoms with E-state index >= 15 is 0 Å². The first-order valence-electron chi connectivity index (χ1n) is 4.46. The van der Waals surface area contributed by atoms with Crippen molar-refractivity contribution in [1.82, 2.24) is 0 Å². The summed E-state index contributed by atoms with van der Waals surface area (Å²) in [5.74, 6) is -3.16. The molecule has 0 amide bonds. The minimum Gasteiger partial charge on any atom is -0.477 e. The zero-order chi connectivity index (χ0) is 13.0. The maximum absolute atomic E-state index is 13.4. The highest BCUT2D eigenvalue weighted by atomic mass is 19.1. The summed E-state index contributed by atoms with van der Waals surface area (Å²) in [6, 6.07) is 3.17. The number of hydrogen-bond acceptors (Lipinski definition) is 4. The Balaban J connectivity index is 3.24. The Morgan fingerprint density at radius 3 is 2.35 bits per heavy atom. The van der Waals surface area contributed by atoms with Gasteiger partial charge in [-0.1, -0.05) is 6.07 Å². The molecule has 17 heavy (non-hydrogen) atoms. The highest BCUT2D eigenvalue weighted by Crippen LogP contribution is 2.23. The average Bonchev–Trinajstić information content (AvgIpc) is 2.26. The molecule has 1 aromatic carbocycles. The molecule has 0 saturated heterocycles. The van der Waals surface area contributed by atoms with E-state index in [9.17, 15) is 13.6 Å². The lowest BCUT2D eigenvalue weighted by molar-refractivity contribution is -0.129. The maximum Gasteiger partial charge on any atom is 0.351 e. The predicted molar refractivity (Wildman–Crippen MR) is 59.1 cm³/mol. The summed E-state index contributed by atoms with van der Waals surface area (Å²) in [6.07, 6.45) is 0. The average molecular weight is 241 g/mol. The highest BCUT2D eigenvalue weighted by molar-refractivity contribution is 6.34. The van der Waals surface area contributed by atoms with Gasteiger partial charge < -0.3 is 5.11 Å². The number of rotatable bonds is 4. The highest BCUT2D eigenvalue weighted by Gasteiger charge is 2.16. The number of anilines is 1. The van der Waals surface area contributed by atoms with Gasteiger partial charge in [-0.3, -0.25) is 0 Å². The van der Waals surface area contributed by atoms with Crippen LogP contribution in [0.15, 0.2) is 28.4 Å². The molecule has 1 N–H and O–H groups in total. The van der Waals surface area contributed by atoms with Gasteiger partial charge in [0.1, 0.15) is 5.71 Å². The number of benzene rings is 1. The van der Waals surface area contributed by atoms with Crippen molar-refractivity contribution < 1.29 is 18.7 Å². The SMILES string of the molecule is C=NN(/N=C(\C)C(=O)O)c1c(F)cccc1F. The van der Waals surface area contributed by atoms with Crippen LogP contribution in [0.4, 0.5) is 14.5 Å². The topological polar surface area (TPSA) is 65.3 Å². The number of carbonyl (C=O) groups is 1. The molecule has 7 heteroatoms. The van der Waals surface area contributed by atoms with Gasteiger partial charge in [0.05, 0.1) is 0 Å². The molecular weight excluding hydrogens is 232 g/mol. The first-order valence-corrected chi connectivity index (χ1v) is 4.46. The summed E-state index contributed by atoms with van der Waals surface area (Å²) in [7, 11) is 0. The van der Waals surface area contributed by atoms with Crippen LogP contribution in [0.2, 0.25) is 0 Å². The monoisotopic (exact) mass is 241 g/mol. The zero-order valence-corrected chi connectivity index (χ0v) is 8.89. The quantitative estimate of drug-likeness (QED) is 0.646. The van der Waals surface area contributed by atoms with Crippen molar-refractivity contribution in [3.05, 3.63) is 29.8 Å². The fourth-order valence-electron chi connectivity index (χ4n) is 1.02. The van der Waals surface area contributed by atoms with Crippen molar-refractivity contribution in [3.8, 4) is 0 Å². The second-order valence-electron chi connectivity index (χ2n) is 2.99. The normalized spacial score (nSPS) is 11.1. The van der Waals surface area contributed by atoms with Crippen LogP contribution < -0.4 is 5.12 Å². The molecule has 90 valence electrons. The molecule has 0 radical (unpaired) electrons. The van der Waals surface area contributed by atoms with E-state index in [0.717, 1.165) is 12.1 Å². The van der Waals surface area contributed by atoms with Crippen molar-refractivity contribution in [2.24, 2.45) is 10.2 Å². The van der Waals surface area contributed by atoms with Gasteiger partial charge in [0, 0.05) is 6.72 Å². The Morgan fingerprint density at radius 1 is 1.41 bits per heavy atom. The van der Waals surface area contributed by atoms with E-state index in [-0.39, 0.29) is 5.71 Å². The second-order valence-corrected chi connectivity index (χ2v) is 2.99. The molecule has 0 heterocycles. The number of nitrogens with zero attached hydrogens (tertiary/aromatic N) is 3. The van der Waals surface area contributed by atoms with Crippen LogP contribution >= 0.6 is 0 Å². The molecule has 1 rings (SSSR count). The molecular formula is C10H9F2N3O2. The molecule has 0 aliphatic heterocycles. The number of carboxylic acid groups (broad SMARTS) is 1. The molecule has 5 nitrogen and oxygen atoms in total. The van der Waals surface area contributed by atoms with E-state index in [2.05, 4.69) is 16.9 Å². The maximum atomic E-state index is 13.4. The second kappa shape index (κ2) is 5.15. The molecule has 0 fully saturated rings. The summed E-state index contributed by atoms with van der Waals surface area (Å²) in [6.45, 7) is 4.24. The number of halogens is 2. The van der Waals surface area contributed by atoms with E-state index in [1.165, 1.54) is 13.0 Å². The summed E-state index contributed by atoms with van der Waals surface area (Å²) in [5, 5.41) is 15.8. The Labute approximate surface area is 95.7 Å². The predicted octanol–water partition coefficient (Wildman–Crippen LogP) is 1.85. The Morgan fingerprint density at radius 2 is 1.94 bits per heavy atom. The van der Waals surface area contributed by atoms with Crippen LogP contribution in [0.5, 0.6) is 0 Å². The van der Waals surface area contributed by atoms with E-state index in [0.29, 0.717) is 5.12 Å². The third-order valence-corrected chi connectivity index (χ3v) is 1.83. The molecule has 0 atom stereocenters. The van der Waals surface area contributed by atoms with Crippen LogP contribution in [0.3, 0.4) is 0 Å². The van der Waals surface area contributed by atoms with Crippen molar-refractivity contribution in [2.45, 2.75) is 6.92 Å². The fraction of sp³-hybridized carbons (Fsp3) is 0.100. The molecule has 0 saturated carbocycles. The Kier molecular flexibility index (Phi) is 3.86. The van der Waals surface area contributed by atoms with Gasteiger partial charge in [0.25, 0.3) is 0 Å². The number of hydrogen-bond donors (Lipinski definition) is 1. The van der Waals surface area contributed by atoms with Gasteiger partial charge in [0.15, 0.2) is 17.3 Å². The van der Waals surface area contributed by atoms with Gasteiger partial charge in [-0.2, -0.15) is 5.10 Å². The van der Waals surface area contributed by atoms with Gasteiger partial charge in [-0.25, -0.2) is 13.6 Å². The number of para-hydroxylation sites is 1. The van der Waals surface area contributed by atoms with E-state index in [1.807, 2.05) is 0 Å². The number of hydrazone groups is 2. The van der Waals surface area contributed by atoms with Crippen molar-refractivity contribution >= 4 is 24.1 Å². The van der Waals surface area contributed by atoms with Crippen LogP contribution in [0.25, 0.3) is 0 Å². The van der Waals surface area contributed by atoms with Gasteiger partial charge >= 0.3 is 5.97 Å². The van der Waals surface area contributed by atoms with Gasteiger partial charge in [-0.15, -0.1) is 10.2 Å². The minimum absolute atomic E-state index is 0.375. The summed E-state index contributed by atoms with van der Waals surface area (Å²) in [5.41, 5.74) is -0.955. The van der Waals surface area contributed by atoms with E-state index in [4.69, 9.17) is 5.11 Å². The number of carboxylic acids is 1. The van der Waals surface area contributed by atoms with Gasteiger partial charge in [-0.05, 0) is 19.1 Å². The van der Waals surface area contributed by atoms with Crippen LogP contribution in [-0.4, -0.2) is 23.5 Å². The van der Waals surface area contributed by atoms with Crippen molar-refractivity contribution in [1.29, 1.82) is 0 Å². The molecule has 1 aromatic rings. The first kappa shape index (κ1) is 12.8. The molecule has 0 aliphatic rings. The third kappa shape index (κ3) is 2.83. The fourth-order valence-corrected chi connectivity index (χ4v) is 1.02. The zero-order valence-electron chi connectivity index (χ0n) is 8.89. The van der Waals surface area contributed by atoms with E-state index in [1.54, 1.807) is 0 Å². The van der Waals surface area contributed by atoms with Crippen LogP contribution in [-0.2, 0) is 4.79 Å². The lowest BCUT2D eigenvalue weighted by Gasteiger charge is -2.14.